The standard InChI is InChI=1S/C18H18O6/c1-21-12-4-6-15(22-2)13(9-12)14(18(19)20)7-11-3-5-16-17(8-11)24-10-23-16/h3-6,8-9,14H,7,10H2,1-2H3,(H,19,20). The zero-order valence-electron chi connectivity index (χ0n) is 13.4. The quantitative estimate of drug-likeness (QED) is 0.878. The molecule has 24 heavy (non-hydrogen) atoms. The number of hydrogen-bond acceptors (Lipinski definition) is 5. The third-order valence-electron chi connectivity index (χ3n) is 3.99. The van der Waals surface area contributed by atoms with Crippen LogP contribution < -0.4 is 18.9 Å². The van der Waals surface area contributed by atoms with Gasteiger partial charge in [-0.2, -0.15) is 0 Å². The zero-order chi connectivity index (χ0) is 17.1. The number of ether oxygens (including phenoxy) is 4. The minimum absolute atomic E-state index is 0.185. The van der Waals surface area contributed by atoms with Gasteiger partial charge in [-0.1, -0.05) is 6.07 Å². The second-order valence-electron chi connectivity index (χ2n) is 5.39. The molecule has 0 radical (unpaired) electrons. The second kappa shape index (κ2) is 6.70. The average molecular weight is 330 g/mol. The van der Waals surface area contributed by atoms with E-state index in [1.165, 1.54) is 7.11 Å². The molecule has 0 fully saturated rings. The van der Waals surface area contributed by atoms with Gasteiger partial charge in [0, 0.05) is 5.56 Å². The summed E-state index contributed by atoms with van der Waals surface area (Å²) in [5.41, 5.74) is 1.42. The molecule has 126 valence electrons. The van der Waals surface area contributed by atoms with Crippen molar-refractivity contribution in [2.75, 3.05) is 21.0 Å². The number of methoxy groups -OCH3 is 2. The van der Waals surface area contributed by atoms with E-state index in [0.717, 1.165) is 5.56 Å². The van der Waals surface area contributed by atoms with E-state index < -0.39 is 11.9 Å². The first-order chi connectivity index (χ1) is 11.6. The first-order valence-corrected chi connectivity index (χ1v) is 7.45. The van der Waals surface area contributed by atoms with E-state index in [-0.39, 0.29) is 6.79 Å². The molecule has 0 amide bonds. The van der Waals surface area contributed by atoms with Crippen LogP contribution in [0, 0.1) is 0 Å². The molecule has 0 saturated heterocycles. The maximum absolute atomic E-state index is 11.9. The van der Waals surface area contributed by atoms with Crippen LogP contribution in [0.2, 0.25) is 0 Å². The highest BCUT2D eigenvalue weighted by atomic mass is 16.7. The SMILES string of the molecule is COc1ccc(OC)c(C(Cc2ccc3c(c2)OCO3)C(=O)O)c1. The monoisotopic (exact) mass is 330 g/mol. The Labute approximate surface area is 139 Å². The third-order valence-corrected chi connectivity index (χ3v) is 3.99. The maximum atomic E-state index is 11.9. The molecule has 1 unspecified atom stereocenters. The molecule has 0 aliphatic carbocycles. The predicted octanol–water partition coefficient (Wildman–Crippen LogP) is 2.84. The first-order valence-electron chi connectivity index (χ1n) is 7.45. The van der Waals surface area contributed by atoms with Crippen molar-refractivity contribution in [1.82, 2.24) is 0 Å². The van der Waals surface area contributed by atoms with E-state index in [4.69, 9.17) is 18.9 Å². The van der Waals surface area contributed by atoms with E-state index in [1.54, 1.807) is 31.4 Å². The summed E-state index contributed by atoms with van der Waals surface area (Å²) in [6.45, 7) is 0.185. The average Bonchev–Trinajstić information content (AvgIpc) is 3.06. The van der Waals surface area contributed by atoms with Gasteiger partial charge >= 0.3 is 5.97 Å². The second-order valence-corrected chi connectivity index (χ2v) is 5.39. The van der Waals surface area contributed by atoms with Gasteiger partial charge in [-0.15, -0.1) is 0 Å². The number of carboxylic acids is 1. The molecule has 3 rings (SSSR count). The molecule has 0 saturated carbocycles. The van der Waals surface area contributed by atoms with E-state index in [2.05, 4.69) is 0 Å². The summed E-state index contributed by atoms with van der Waals surface area (Å²) < 4.78 is 21.2. The van der Waals surface area contributed by atoms with E-state index in [9.17, 15) is 9.90 Å². The summed E-state index contributed by atoms with van der Waals surface area (Å²) >= 11 is 0. The van der Waals surface area contributed by atoms with Crippen LogP contribution in [0.4, 0.5) is 0 Å². The summed E-state index contributed by atoms with van der Waals surface area (Å²) in [5.74, 6) is 0.708. The lowest BCUT2D eigenvalue weighted by molar-refractivity contribution is -0.138. The van der Waals surface area contributed by atoms with Crippen LogP contribution in [0.25, 0.3) is 0 Å². The van der Waals surface area contributed by atoms with Gasteiger partial charge in [-0.3, -0.25) is 4.79 Å². The molecule has 1 atom stereocenters. The molecule has 0 spiro atoms. The van der Waals surface area contributed by atoms with Crippen molar-refractivity contribution >= 4 is 5.97 Å². The molecule has 1 aliphatic rings. The predicted molar refractivity (Wildman–Crippen MR) is 86.2 cm³/mol. The lowest BCUT2D eigenvalue weighted by Gasteiger charge is -2.17. The highest BCUT2D eigenvalue weighted by Gasteiger charge is 2.25. The van der Waals surface area contributed by atoms with Gasteiger partial charge in [0.1, 0.15) is 11.5 Å². The van der Waals surface area contributed by atoms with Gasteiger partial charge in [-0.25, -0.2) is 0 Å². The van der Waals surface area contributed by atoms with Crippen LogP contribution in [-0.4, -0.2) is 32.1 Å². The van der Waals surface area contributed by atoms with Crippen LogP contribution in [-0.2, 0) is 11.2 Å². The zero-order valence-corrected chi connectivity index (χ0v) is 13.4. The topological polar surface area (TPSA) is 74.2 Å². The Balaban J connectivity index is 1.94. The van der Waals surface area contributed by atoms with Crippen LogP contribution in [0.3, 0.4) is 0 Å². The fourth-order valence-electron chi connectivity index (χ4n) is 2.75. The fraction of sp³-hybridized carbons (Fsp3) is 0.278. The lowest BCUT2D eigenvalue weighted by Crippen LogP contribution is -2.15. The van der Waals surface area contributed by atoms with Crippen molar-refractivity contribution in [1.29, 1.82) is 0 Å². The molecule has 0 bridgehead atoms. The molecule has 0 aromatic heterocycles. The van der Waals surface area contributed by atoms with Gasteiger partial charge in [0.2, 0.25) is 6.79 Å². The molecular formula is C18H18O6. The molecule has 1 aliphatic heterocycles. The smallest absolute Gasteiger partial charge is 0.311 e. The van der Waals surface area contributed by atoms with E-state index in [0.29, 0.717) is 35.0 Å². The maximum Gasteiger partial charge on any atom is 0.311 e. The van der Waals surface area contributed by atoms with Crippen molar-refractivity contribution in [2.45, 2.75) is 12.3 Å². The summed E-state index contributed by atoms with van der Waals surface area (Å²) in [6.07, 6.45) is 0.301. The Kier molecular flexibility index (Phi) is 4.46. The molecule has 6 heteroatoms. The van der Waals surface area contributed by atoms with Gasteiger partial charge in [-0.05, 0) is 42.3 Å². The van der Waals surface area contributed by atoms with Crippen molar-refractivity contribution in [3.63, 3.8) is 0 Å². The van der Waals surface area contributed by atoms with Crippen LogP contribution in [0.5, 0.6) is 23.0 Å². The number of fused-ring (bicyclic) bond motifs is 1. The van der Waals surface area contributed by atoms with Crippen LogP contribution in [0.15, 0.2) is 36.4 Å². The van der Waals surface area contributed by atoms with Crippen molar-refractivity contribution < 1.29 is 28.8 Å². The Morgan fingerprint density at radius 2 is 1.92 bits per heavy atom. The molecule has 1 N–H and O–H groups in total. The van der Waals surface area contributed by atoms with Crippen LogP contribution in [0.1, 0.15) is 17.0 Å². The van der Waals surface area contributed by atoms with Crippen molar-refractivity contribution in [2.24, 2.45) is 0 Å². The summed E-state index contributed by atoms with van der Waals surface area (Å²) in [4.78, 5) is 11.9. The van der Waals surface area contributed by atoms with Gasteiger partial charge in [0.15, 0.2) is 11.5 Å². The lowest BCUT2D eigenvalue weighted by atomic mass is 9.91. The highest BCUT2D eigenvalue weighted by molar-refractivity contribution is 5.78. The Morgan fingerprint density at radius 3 is 2.62 bits per heavy atom. The number of hydrogen-bond donors (Lipinski definition) is 1. The molecule has 2 aromatic carbocycles. The largest absolute Gasteiger partial charge is 0.497 e. The number of benzene rings is 2. The summed E-state index contributed by atoms with van der Waals surface area (Å²) in [6, 6.07) is 10.6. The third kappa shape index (κ3) is 3.08. The van der Waals surface area contributed by atoms with Gasteiger partial charge in [0.05, 0.1) is 20.1 Å². The Hall–Kier alpha value is -2.89. The van der Waals surface area contributed by atoms with E-state index in [1.807, 2.05) is 12.1 Å². The molecule has 6 nitrogen and oxygen atoms in total. The number of carboxylic acid groups (broad SMARTS) is 1. The van der Waals surface area contributed by atoms with Gasteiger partial charge in [0.25, 0.3) is 0 Å². The highest BCUT2D eigenvalue weighted by Crippen LogP contribution is 2.36. The minimum Gasteiger partial charge on any atom is -0.497 e. The molecule has 1 heterocycles. The minimum atomic E-state index is -0.931. The van der Waals surface area contributed by atoms with Crippen molar-refractivity contribution in [3.8, 4) is 23.0 Å². The first kappa shape index (κ1) is 16.0. The normalized spacial score (nSPS) is 13.4. The number of carbonyl (C=O) groups is 1. The molecule has 2 aromatic rings. The Bertz CT molecular complexity index is 755. The van der Waals surface area contributed by atoms with Crippen LogP contribution >= 0.6 is 0 Å². The molecular weight excluding hydrogens is 312 g/mol. The number of aliphatic carboxylic acids is 1. The Morgan fingerprint density at radius 1 is 1.12 bits per heavy atom. The van der Waals surface area contributed by atoms with Gasteiger partial charge < -0.3 is 24.1 Å². The fourth-order valence-corrected chi connectivity index (χ4v) is 2.75. The number of rotatable bonds is 6. The van der Waals surface area contributed by atoms with E-state index >= 15 is 0 Å². The summed E-state index contributed by atoms with van der Waals surface area (Å²) in [5, 5.41) is 9.71. The summed E-state index contributed by atoms with van der Waals surface area (Å²) in [7, 11) is 3.06. The van der Waals surface area contributed by atoms with Crippen molar-refractivity contribution in [3.05, 3.63) is 47.5 Å².